The van der Waals surface area contributed by atoms with Crippen molar-refractivity contribution in [1.82, 2.24) is 0 Å². The Morgan fingerprint density at radius 1 is 0.750 bits per heavy atom. The summed E-state index contributed by atoms with van der Waals surface area (Å²) in [6, 6.07) is 3.09. The number of rotatable bonds is 8. The fourth-order valence-electron chi connectivity index (χ4n) is 5.31. The van der Waals surface area contributed by atoms with Crippen molar-refractivity contribution in [2.24, 2.45) is 17.8 Å². The van der Waals surface area contributed by atoms with E-state index in [1.165, 1.54) is 38.7 Å². The van der Waals surface area contributed by atoms with Crippen LogP contribution in [0.2, 0.25) is 0 Å². The van der Waals surface area contributed by atoms with Gasteiger partial charge in [0.25, 0.3) is 0 Å². The highest BCUT2D eigenvalue weighted by atomic mass is 16.6. The smallest absolute Gasteiger partial charge is 0.338 e. The summed E-state index contributed by atoms with van der Waals surface area (Å²) >= 11 is 0. The second kappa shape index (κ2) is 12.2. The van der Waals surface area contributed by atoms with Crippen molar-refractivity contribution in [2.75, 3.05) is 0 Å². The van der Waals surface area contributed by atoms with Crippen molar-refractivity contribution in [3.63, 3.8) is 0 Å². The summed E-state index contributed by atoms with van der Waals surface area (Å²) in [6.07, 6.45) is 10.4. The molecule has 2 aliphatic rings. The van der Waals surface area contributed by atoms with Crippen LogP contribution in [0.5, 0.6) is 17.2 Å². The summed E-state index contributed by atoms with van der Waals surface area (Å²) in [4.78, 5) is 36.7. The Morgan fingerprint density at radius 3 is 1.72 bits per heavy atom. The highest BCUT2D eigenvalue weighted by Crippen LogP contribution is 2.48. The lowest BCUT2D eigenvalue weighted by atomic mass is 9.68. The van der Waals surface area contributed by atoms with Gasteiger partial charge in [-0.25, -0.2) is 14.4 Å². The molecule has 0 amide bonds. The van der Waals surface area contributed by atoms with Gasteiger partial charge in [0, 0.05) is 28.9 Å². The summed E-state index contributed by atoms with van der Waals surface area (Å²) in [5.41, 5.74) is 1.18. The third kappa shape index (κ3) is 6.96. The minimum Gasteiger partial charge on any atom is -0.423 e. The first kappa shape index (κ1) is 27.4. The average Bonchev–Trinajstić information content (AvgIpc) is 2.85. The van der Waals surface area contributed by atoms with E-state index in [4.69, 9.17) is 14.2 Å². The molecule has 0 heterocycles. The van der Waals surface area contributed by atoms with Crippen LogP contribution >= 0.6 is 0 Å². The van der Waals surface area contributed by atoms with E-state index >= 15 is 0 Å². The Kier molecular flexibility index (Phi) is 9.30. The Bertz CT molecular complexity index is 1040. The number of carbonyl (C=O) groups is 3. The molecular formula is C30H38O6. The molecular weight excluding hydrogens is 456 g/mol. The van der Waals surface area contributed by atoms with Crippen molar-refractivity contribution in [2.45, 2.75) is 78.1 Å². The maximum atomic E-state index is 12.4. The molecule has 0 bridgehead atoms. The van der Waals surface area contributed by atoms with E-state index in [1.807, 2.05) is 0 Å². The van der Waals surface area contributed by atoms with Crippen LogP contribution in [0, 0.1) is 17.8 Å². The molecule has 0 atom stereocenters. The summed E-state index contributed by atoms with van der Waals surface area (Å²) in [7, 11) is 0. The molecule has 0 N–H and O–H groups in total. The molecule has 194 valence electrons. The first-order valence-electron chi connectivity index (χ1n) is 12.9. The topological polar surface area (TPSA) is 78.9 Å². The van der Waals surface area contributed by atoms with Crippen molar-refractivity contribution in [3.05, 3.63) is 54.7 Å². The van der Waals surface area contributed by atoms with Crippen molar-refractivity contribution >= 4 is 17.9 Å². The Morgan fingerprint density at radius 2 is 1.22 bits per heavy atom. The highest BCUT2D eigenvalue weighted by molar-refractivity contribution is 5.91. The van der Waals surface area contributed by atoms with E-state index in [0.717, 1.165) is 49.2 Å². The van der Waals surface area contributed by atoms with Crippen LogP contribution in [0.15, 0.2) is 49.1 Å². The molecule has 1 aromatic rings. The van der Waals surface area contributed by atoms with Gasteiger partial charge in [0.2, 0.25) is 0 Å². The van der Waals surface area contributed by atoms with Crippen molar-refractivity contribution < 1.29 is 28.6 Å². The van der Waals surface area contributed by atoms with Gasteiger partial charge in [-0.3, -0.25) is 0 Å². The molecule has 36 heavy (non-hydrogen) atoms. The fourth-order valence-corrected chi connectivity index (χ4v) is 5.31. The zero-order valence-electron chi connectivity index (χ0n) is 21.8. The standard InChI is InChI=1S/C30H38O6/c1-7-28(31)34-26-16-24(23-14-12-22(13-15-23)21-10-8-20(6)9-11-21)25(35-29(32)18(2)3)17-27(26)36-30(33)19(4)5/h7,16-17,20-23H,1-2,4,8-15H2,3,5-6H3. The summed E-state index contributed by atoms with van der Waals surface area (Å²) in [5.74, 6) is 0.823. The van der Waals surface area contributed by atoms with Gasteiger partial charge >= 0.3 is 17.9 Å². The van der Waals surface area contributed by atoms with Crippen LogP contribution in [0.4, 0.5) is 0 Å². The molecule has 3 rings (SSSR count). The average molecular weight is 495 g/mol. The van der Waals surface area contributed by atoms with Crippen LogP contribution in [-0.4, -0.2) is 17.9 Å². The predicted octanol–water partition coefficient (Wildman–Crippen LogP) is 6.84. The number of hydrogen-bond acceptors (Lipinski definition) is 6. The van der Waals surface area contributed by atoms with E-state index in [9.17, 15) is 14.4 Å². The molecule has 0 aromatic heterocycles. The lowest BCUT2D eigenvalue weighted by Crippen LogP contribution is -2.25. The van der Waals surface area contributed by atoms with E-state index in [0.29, 0.717) is 5.92 Å². The Labute approximate surface area is 214 Å². The first-order chi connectivity index (χ1) is 17.1. The summed E-state index contributed by atoms with van der Waals surface area (Å²) in [6.45, 7) is 16.1. The predicted molar refractivity (Wildman–Crippen MR) is 139 cm³/mol. The van der Waals surface area contributed by atoms with Crippen LogP contribution < -0.4 is 14.2 Å². The molecule has 0 aliphatic heterocycles. The van der Waals surface area contributed by atoms with E-state index in [2.05, 4.69) is 26.7 Å². The van der Waals surface area contributed by atoms with Gasteiger partial charge in [-0.1, -0.05) is 39.5 Å². The van der Waals surface area contributed by atoms with Gasteiger partial charge in [-0.05, 0) is 82.1 Å². The maximum absolute atomic E-state index is 12.4. The quantitative estimate of drug-likeness (QED) is 0.224. The van der Waals surface area contributed by atoms with E-state index in [-0.39, 0.29) is 34.3 Å². The number of ether oxygens (including phenoxy) is 3. The van der Waals surface area contributed by atoms with E-state index in [1.54, 1.807) is 13.0 Å². The molecule has 0 unspecified atom stereocenters. The second-order valence-corrected chi connectivity index (χ2v) is 10.4. The zero-order valence-corrected chi connectivity index (χ0v) is 21.8. The van der Waals surface area contributed by atoms with Crippen molar-refractivity contribution in [3.8, 4) is 17.2 Å². The minimum atomic E-state index is -0.685. The number of benzene rings is 1. The third-order valence-corrected chi connectivity index (χ3v) is 7.49. The van der Waals surface area contributed by atoms with Crippen LogP contribution in [0.1, 0.15) is 83.6 Å². The van der Waals surface area contributed by atoms with Gasteiger partial charge < -0.3 is 14.2 Å². The van der Waals surface area contributed by atoms with Crippen molar-refractivity contribution in [1.29, 1.82) is 0 Å². The van der Waals surface area contributed by atoms with Gasteiger partial charge in [0.15, 0.2) is 11.5 Å². The molecule has 1 aromatic carbocycles. The van der Waals surface area contributed by atoms with Gasteiger partial charge in [0.05, 0.1) is 0 Å². The first-order valence-corrected chi connectivity index (χ1v) is 12.9. The lowest BCUT2D eigenvalue weighted by Gasteiger charge is -2.37. The second-order valence-electron chi connectivity index (χ2n) is 10.4. The Hall–Kier alpha value is -3.15. The molecule has 2 aliphatic carbocycles. The zero-order chi connectivity index (χ0) is 26.4. The summed E-state index contributed by atoms with van der Waals surface area (Å²) in [5, 5.41) is 0. The normalized spacial score (nSPS) is 23.8. The van der Waals surface area contributed by atoms with Gasteiger partial charge in [0.1, 0.15) is 5.75 Å². The van der Waals surface area contributed by atoms with E-state index < -0.39 is 17.9 Å². The third-order valence-electron chi connectivity index (χ3n) is 7.49. The molecule has 2 fully saturated rings. The Balaban J connectivity index is 1.92. The molecule has 6 heteroatoms. The lowest BCUT2D eigenvalue weighted by molar-refractivity contribution is -0.132. The molecule has 6 nitrogen and oxygen atoms in total. The molecule has 0 spiro atoms. The summed E-state index contributed by atoms with van der Waals surface area (Å²) < 4.78 is 16.5. The monoisotopic (exact) mass is 494 g/mol. The largest absolute Gasteiger partial charge is 0.423 e. The molecule has 2 saturated carbocycles. The number of esters is 3. The van der Waals surface area contributed by atoms with Crippen LogP contribution in [0.25, 0.3) is 0 Å². The molecule has 0 saturated heterocycles. The maximum Gasteiger partial charge on any atom is 0.338 e. The van der Waals surface area contributed by atoms with Crippen LogP contribution in [-0.2, 0) is 14.4 Å². The number of carbonyl (C=O) groups excluding carboxylic acids is 3. The highest BCUT2D eigenvalue weighted by Gasteiger charge is 2.32. The molecule has 0 radical (unpaired) electrons. The SMILES string of the molecule is C=CC(=O)Oc1cc(C2CCC(C3CCC(C)CC3)CC2)c(OC(=O)C(=C)C)cc1OC(=O)C(=C)C. The van der Waals surface area contributed by atoms with Gasteiger partial charge in [-0.15, -0.1) is 0 Å². The van der Waals surface area contributed by atoms with Gasteiger partial charge in [-0.2, -0.15) is 0 Å². The number of hydrogen-bond donors (Lipinski definition) is 0. The fraction of sp³-hybridized carbons (Fsp3) is 0.500. The van der Waals surface area contributed by atoms with Crippen LogP contribution in [0.3, 0.4) is 0 Å². The minimum absolute atomic E-state index is 0.0310.